The van der Waals surface area contributed by atoms with E-state index >= 15 is 0 Å². The van der Waals surface area contributed by atoms with Gasteiger partial charge < -0.3 is 9.88 Å². The van der Waals surface area contributed by atoms with Crippen molar-refractivity contribution in [3.8, 4) is 0 Å². The first-order valence-corrected chi connectivity index (χ1v) is 8.75. The quantitative estimate of drug-likeness (QED) is 0.768. The molecule has 1 aromatic heterocycles. The Bertz CT molecular complexity index is 791. The number of hydrogen-bond donors (Lipinski definition) is 1. The van der Waals surface area contributed by atoms with Crippen LogP contribution >= 0.6 is 23.4 Å². The van der Waals surface area contributed by atoms with Gasteiger partial charge in [0.05, 0.1) is 21.5 Å². The number of alkyl halides is 3. The molecule has 1 saturated carbocycles. The van der Waals surface area contributed by atoms with E-state index in [1.807, 2.05) is 4.57 Å². The molecule has 1 atom stereocenters. The average Bonchev–Trinajstić information content (AvgIpc) is 3.28. The van der Waals surface area contributed by atoms with E-state index in [9.17, 15) is 18.0 Å². The van der Waals surface area contributed by atoms with Crippen molar-refractivity contribution in [1.82, 2.24) is 14.8 Å². The average molecular weight is 391 g/mol. The fourth-order valence-corrected chi connectivity index (χ4v) is 3.22. The van der Waals surface area contributed by atoms with Crippen LogP contribution in [0.4, 0.5) is 18.9 Å². The minimum atomic E-state index is -4.51. The Balaban J connectivity index is 1.70. The molecule has 1 aliphatic rings. The molecular formula is C15H14ClF3N4OS. The van der Waals surface area contributed by atoms with Crippen LogP contribution in [0.2, 0.25) is 5.02 Å². The third-order valence-electron chi connectivity index (χ3n) is 3.68. The summed E-state index contributed by atoms with van der Waals surface area (Å²) in [5, 5.41) is 10.4. The van der Waals surface area contributed by atoms with E-state index in [2.05, 4.69) is 15.5 Å². The summed E-state index contributed by atoms with van der Waals surface area (Å²) in [6.45, 7) is 1.65. The molecule has 1 N–H and O–H groups in total. The number of aromatic nitrogens is 3. The molecule has 0 spiro atoms. The van der Waals surface area contributed by atoms with Gasteiger partial charge in [-0.2, -0.15) is 13.2 Å². The predicted molar refractivity (Wildman–Crippen MR) is 88.7 cm³/mol. The molecule has 1 amide bonds. The molecule has 0 unspecified atom stereocenters. The zero-order chi connectivity index (χ0) is 18.2. The number of benzene rings is 1. The highest BCUT2D eigenvalue weighted by Gasteiger charge is 2.31. The molecule has 0 aliphatic heterocycles. The number of carbonyl (C=O) groups is 1. The van der Waals surface area contributed by atoms with Crippen LogP contribution in [0.25, 0.3) is 0 Å². The number of carbonyl (C=O) groups excluding carboxylic acids is 1. The van der Waals surface area contributed by atoms with E-state index in [1.165, 1.54) is 11.8 Å². The highest BCUT2D eigenvalue weighted by Crippen LogP contribution is 2.38. The lowest BCUT2D eigenvalue weighted by Crippen LogP contribution is -2.23. The van der Waals surface area contributed by atoms with Crippen LogP contribution in [0.3, 0.4) is 0 Å². The zero-order valence-corrected chi connectivity index (χ0v) is 14.6. The van der Waals surface area contributed by atoms with Gasteiger partial charge in [-0.15, -0.1) is 10.2 Å². The van der Waals surface area contributed by atoms with E-state index in [0.717, 1.165) is 31.0 Å². The largest absolute Gasteiger partial charge is 0.416 e. The third-order valence-corrected chi connectivity index (χ3v) is 5.08. The second-order valence-corrected chi connectivity index (χ2v) is 7.41. The Morgan fingerprint density at radius 1 is 1.44 bits per heavy atom. The highest BCUT2D eigenvalue weighted by molar-refractivity contribution is 8.00. The monoisotopic (exact) mass is 390 g/mol. The third kappa shape index (κ3) is 4.27. The molecule has 0 bridgehead atoms. The van der Waals surface area contributed by atoms with Crippen LogP contribution in [0, 0.1) is 0 Å². The summed E-state index contributed by atoms with van der Waals surface area (Å²) in [5.74, 6) is -0.462. The van der Waals surface area contributed by atoms with Crippen molar-refractivity contribution in [3.63, 3.8) is 0 Å². The molecule has 10 heteroatoms. The van der Waals surface area contributed by atoms with Gasteiger partial charge in [-0.05, 0) is 38.0 Å². The SMILES string of the molecule is C[C@H](Sc1nncn1C1CC1)C(=O)Nc1cc(C(F)(F)F)ccc1Cl. The maximum absolute atomic E-state index is 12.8. The fraction of sp³-hybridized carbons (Fsp3) is 0.400. The van der Waals surface area contributed by atoms with Crippen LogP contribution in [0.15, 0.2) is 29.7 Å². The van der Waals surface area contributed by atoms with Crippen molar-refractivity contribution in [3.05, 3.63) is 35.1 Å². The van der Waals surface area contributed by atoms with Gasteiger partial charge in [-0.25, -0.2) is 0 Å². The number of thioether (sulfide) groups is 1. The van der Waals surface area contributed by atoms with Crippen molar-refractivity contribution >= 4 is 35.0 Å². The minimum Gasteiger partial charge on any atom is -0.324 e. The normalized spacial score (nSPS) is 15.9. The molecule has 25 heavy (non-hydrogen) atoms. The van der Waals surface area contributed by atoms with E-state index < -0.39 is 22.9 Å². The second kappa shape index (κ2) is 6.87. The van der Waals surface area contributed by atoms with Crippen molar-refractivity contribution in [2.24, 2.45) is 0 Å². The number of nitrogens with zero attached hydrogens (tertiary/aromatic N) is 3. The summed E-state index contributed by atoms with van der Waals surface area (Å²) < 4.78 is 40.3. The van der Waals surface area contributed by atoms with Gasteiger partial charge in [0, 0.05) is 6.04 Å². The molecule has 134 valence electrons. The van der Waals surface area contributed by atoms with E-state index in [4.69, 9.17) is 11.6 Å². The van der Waals surface area contributed by atoms with Crippen LogP contribution in [0.5, 0.6) is 0 Å². The predicted octanol–water partition coefficient (Wildman–Crippen LogP) is 4.40. The number of anilines is 1. The van der Waals surface area contributed by atoms with Gasteiger partial charge in [0.15, 0.2) is 5.16 Å². The molecule has 1 aromatic carbocycles. The zero-order valence-electron chi connectivity index (χ0n) is 13.0. The van der Waals surface area contributed by atoms with E-state index in [1.54, 1.807) is 13.3 Å². The van der Waals surface area contributed by atoms with E-state index in [0.29, 0.717) is 11.2 Å². The van der Waals surface area contributed by atoms with Crippen molar-refractivity contribution in [1.29, 1.82) is 0 Å². The fourth-order valence-electron chi connectivity index (χ4n) is 2.16. The van der Waals surface area contributed by atoms with Crippen LogP contribution in [0.1, 0.15) is 31.4 Å². The van der Waals surface area contributed by atoms with Gasteiger partial charge in [-0.3, -0.25) is 4.79 Å². The summed E-state index contributed by atoms with van der Waals surface area (Å²) in [7, 11) is 0. The number of rotatable bonds is 5. The van der Waals surface area contributed by atoms with Gasteiger partial charge in [0.25, 0.3) is 0 Å². The van der Waals surface area contributed by atoms with Gasteiger partial charge in [0.2, 0.25) is 5.91 Å². The van der Waals surface area contributed by atoms with Gasteiger partial charge in [0.1, 0.15) is 6.33 Å². The Kier molecular flexibility index (Phi) is 4.97. The summed E-state index contributed by atoms with van der Waals surface area (Å²) in [6, 6.07) is 3.17. The van der Waals surface area contributed by atoms with E-state index in [-0.39, 0.29) is 10.7 Å². The Labute approximate surface area is 150 Å². The Morgan fingerprint density at radius 2 is 2.16 bits per heavy atom. The van der Waals surface area contributed by atoms with Gasteiger partial charge >= 0.3 is 6.18 Å². The number of amides is 1. The topological polar surface area (TPSA) is 59.8 Å². The first-order valence-electron chi connectivity index (χ1n) is 7.49. The molecule has 2 aromatic rings. The number of hydrogen-bond acceptors (Lipinski definition) is 4. The van der Waals surface area contributed by atoms with Crippen molar-refractivity contribution in [2.75, 3.05) is 5.32 Å². The maximum Gasteiger partial charge on any atom is 0.416 e. The highest BCUT2D eigenvalue weighted by atomic mass is 35.5. The molecular weight excluding hydrogens is 377 g/mol. The molecule has 1 aliphatic carbocycles. The molecule has 1 fully saturated rings. The van der Waals surface area contributed by atoms with Crippen LogP contribution in [-0.4, -0.2) is 25.9 Å². The molecule has 0 saturated heterocycles. The summed E-state index contributed by atoms with van der Waals surface area (Å²) in [5.41, 5.74) is -0.946. The summed E-state index contributed by atoms with van der Waals surface area (Å²) in [4.78, 5) is 12.3. The van der Waals surface area contributed by atoms with Crippen LogP contribution in [-0.2, 0) is 11.0 Å². The molecule has 1 heterocycles. The number of nitrogens with one attached hydrogen (secondary N) is 1. The molecule has 0 radical (unpaired) electrons. The standard InChI is InChI=1S/C15H14ClF3N4OS/c1-8(25-14-22-20-7-23(14)10-3-4-10)13(24)21-12-6-9(15(17,18)19)2-5-11(12)16/h2,5-8,10H,3-4H2,1H3,(H,21,24)/t8-/m0/s1. The van der Waals surface area contributed by atoms with Crippen LogP contribution < -0.4 is 5.32 Å². The minimum absolute atomic E-state index is 0.0414. The Hall–Kier alpha value is -1.74. The lowest BCUT2D eigenvalue weighted by Gasteiger charge is -2.14. The summed E-state index contributed by atoms with van der Waals surface area (Å²) >= 11 is 7.10. The Morgan fingerprint density at radius 3 is 2.80 bits per heavy atom. The van der Waals surface area contributed by atoms with Crippen molar-refractivity contribution < 1.29 is 18.0 Å². The number of halogens is 4. The first kappa shape index (κ1) is 18.1. The smallest absolute Gasteiger partial charge is 0.324 e. The lowest BCUT2D eigenvalue weighted by molar-refractivity contribution is -0.137. The molecule has 5 nitrogen and oxygen atoms in total. The second-order valence-electron chi connectivity index (χ2n) is 5.69. The maximum atomic E-state index is 12.8. The lowest BCUT2D eigenvalue weighted by atomic mass is 10.2. The van der Waals surface area contributed by atoms with Gasteiger partial charge in [-0.1, -0.05) is 23.4 Å². The van der Waals surface area contributed by atoms with Crippen molar-refractivity contribution in [2.45, 2.75) is 42.4 Å². The first-order chi connectivity index (χ1) is 11.8. The molecule has 3 rings (SSSR count). The summed E-state index contributed by atoms with van der Waals surface area (Å²) in [6.07, 6.45) is -0.794.